The second-order valence-corrected chi connectivity index (χ2v) is 6.31. The van der Waals surface area contributed by atoms with E-state index < -0.39 is 5.97 Å². The Hall–Kier alpha value is -2.55. The number of hydrogen-bond donors (Lipinski definition) is 2. The Morgan fingerprint density at radius 2 is 1.88 bits per heavy atom. The van der Waals surface area contributed by atoms with Gasteiger partial charge in [-0.05, 0) is 55.5 Å². The minimum Gasteiger partial charge on any atom is -0.507 e. The fraction of sp³-hybridized carbons (Fsp3) is 0.286. The molecule has 0 aliphatic heterocycles. The molecule has 0 bridgehead atoms. The van der Waals surface area contributed by atoms with Crippen LogP contribution in [0.25, 0.3) is 16.7 Å². The van der Waals surface area contributed by atoms with Crippen molar-refractivity contribution in [2.45, 2.75) is 40.5 Å². The zero-order valence-corrected chi connectivity index (χ0v) is 14.7. The summed E-state index contributed by atoms with van der Waals surface area (Å²) in [5.74, 6) is -0.837. The summed E-state index contributed by atoms with van der Waals surface area (Å²) < 4.78 is 0. The number of benzene rings is 2. The molecule has 0 saturated heterocycles. The number of allylic oxidation sites excluding steroid dienone is 1. The number of rotatable bonds is 5. The third-order valence-electron chi connectivity index (χ3n) is 4.28. The maximum absolute atomic E-state index is 11.8. The maximum atomic E-state index is 11.8. The lowest BCUT2D eigenvalue weighted by molar-refractivity contribution is 0.0695. The lowest BCUT2D eigenvalue weighted by atomic mass is 9.86. The van der Waals surface area contributed by atoms with E-state index in [0.717, 1.165) is 28.7 Å². The van der Waals surface area contributed by atoms with Gasteiger partial charge in [0.25, 0.3) is 0 Å². The van der Waals surface area contributed by atoms with Gasteiger partial charge in [0, 0.05) is 5.56 Å². The molecular weight excluding hydrogens is 300 g/mol. The molecule has 0 unspecified atom stereocenters. The van der Waals surface area contributed by atoms with Gasteiger partial charge in [-0.1, -0.05) is 49.3 Å². The Morgan fingerprint density at radius 3 is 2.42 bits per heavy atom. The van der Waals surface area contributed by atoms with E-state index >= 15 is 0 Å². The molecule has 3 heteroatoms. The number of hydrogen-bond acceptors (Lipinski definition) is 2. The highest BCUT2D eigenvalue weighted by atomic mass is 16.4. The number of aromatic hydroxyl groups is 1. The average Bonchev–Trinajstić information content (AvgIpc) is 2.46. The fourth-order valence-electron chi connectivity index (χ4n) is 3.21. The summed E-state index contributed by atoms with van der Waals surface area (Å²) in [6.07, 6.45) is 1.44. The Kier molecular flexibility index (Phi) is 5.13. The Balaban J connectivity index is 2.86. The van der Waals surface area contributed by atoms with E-state index in [1.807, 2.05) is 39.0 Å². The first-order chi connectivity index (χ1) is 11.3. The van der Waals surface area contributed by atoms with Crippen molar-refractivity contribution in [1.29, 1.82) is 0 Å². The van der Waals surface area contributed by atoms with E-state index in [2.05, 4.69) is 6.58 Å². The predicted octanol–water partition coefficient (Wildman–Crippen LogP) is 5.36. The quantitative estimate of drug-likeness (QED) is 0.778. The van der Waals surface area contributed by atoms with Crippen LogP contribution >= 0.6 is 0 Å². The first-order valence-corrected chi connectivity index (χ1v) is 8.13. The van der Waals surface area contributed by atoms with Gasteiger partial charge in [0.05, 0.1) is 5.56 Å². The van der Waals surface area contributed by atoms with Crippen LogP contribution < -0.4 is 0 Å². The number of phenolic OH excluding ortho intramolecular Hbond substituents is 1. The molecule has 0 spiro atoms. The lowest BCUT2D eigenvalue weighted by Crippen LogP contribution is -2.07. The molecule has 0 saturated carbocycles. The topological polar surface area (TPSA) is 57.5 Å². The monoisotopic (exact) mass is 324 g/mol. The lowest BCUT2D eigenvalue weighted by Gasteiger charge is -2.18. The summed E-state index contributed by atoms with van der Waals surface area (Å²) in [6, 6.07) is 7.52. The van der Waals surface area contributed by atoms with Gasteiger partial charge in [-0.25, -0.2) is 4.79 Å². The number of carbonyl (C=O) groups is 1. The van der Waals surface area contributed by atoms with Gasteiger partial charge in [0.15, 0.2) is 0 Å². The van der Waals surface area contributed by atoms with Crippen LogP contribution in [0, 0.1) is 13.8 Å². The highest BCUT2D eigenvalue weighted by Crippen LogP contribution is 2.40. The summed E-state index contributed by atoms with van der Waals surface area (Å²) in [6.45, 7) is 11.6. The molecule has 24 heavy (non-hydrogen) atoms. The van der Waals surface area contributed by atoms with Gasteiger partial charge in [0.1, 0.15) is 5.75 Å². The Labute approximate surface area is 143 Å². The molecule has 0 fully saturated rings. The summed E-state index contributed by atoms with van der Waals surface area (Å²) >= 11 is 0. The molecule has 126 valence electrons. The predicted molar refractivity (Wildman–Crippen MR) is 98.7 cm³/mol. The minimum atomic E-state index is -0.957. The van der Waals surface area contributed by atoms with Crippen LogP contribution in [0.1, 0.15) is 52.9 Å². The summed E-state index contributed by atoms with van der Waals surface area (Å²) in [5.41, 5.74) is 5.79. The molecule has 2 aromatic rings. The summed E-state index contributed by atoms with van der Waals surface area (Å²) in [7, 11) is 0. The van der Waals surface area contributed by atoms with Crippen LogP contribution in [0.4, 0.5) is 0 Å². The highest BCUT2D eigenvalue weighted by Gasteiger charge is 2.22. The molecule has 0 heterocycles. The van der Waals surface area contributed by atoms with Gasteiger partial charge >= 0.3 is 5.97 Å². The molecule has 0 radical (unpaired) electrons. The number of aromatic carboxylic acids is 1. The zero-order chi connectivity index (χ0) is 18.0. The molecule has 0 aliphatic carbocycles. The second kappa shape index (κ2) is 6.91. The maximum Gasteiger partial charge on any atom is 0.336 e. The van der Waals surface area contributed by atoms with E-state index in [-0.39, 0.29) is 5.75 Å². The van der Waals surface area contributed by atoms with Crippen LogP contribution in [-0.2, 0) is 6.42 Å². The van der Waals surface area contributed by atoms with E-state index in [1.54, 1.807) is 13.0 Å². The van der Waals surface area contributed by atoms with E-state index in [1.165, 1.54) is 0 Å². The molecule has 0 amide bonds. The molecule has 0 atom stereocenters. The SMILES string of the molecule is C=C(C)c1ccc(C)cc1-c1c(O)cc(CCC)c(C(=O)O)c1C. The van der Waals surface area contributed by atoms with Gasteiger partial charge < -0.3 is 10.2 Å². The van der Waals surface area contributed by atoms with Gasteiger partial charge in [-0.2, -0.15) is 0 Å². The third-order valence-corrected chi connectivity index (χ3v) is 4.28. The van der Waals surface area contributed by atoms with E-state index in [9.17, 15) is 15.0 Å². The van der Waals surface area contributed by atoms with Crippen molar-refractivity contribution in [2.75, 3.05) is 0 Å². The number of aryl methyl sites for hydroxylation is 2. The first-order valence-electron chi connectivity index (χ1n) is 8.13. The molecule has 2 aromatic carbocycles. The van der Waals surface area contributed by atoms with Crippen LogP contribution in [0.2, 0.25) is 0 Å². The summed E-state index contributed by atoms with van der Waals surface area (Å²) in [4.78, 5) is 11.8. The van der Waals surface area contributed by atoms with E-state index in [4.69, 9.17) is 0 Å². The molecule has 2 rings (SSSR count). The van der Waals surface area contributed by atoms with Gasteiger partial charge in [0.2, 0.25) is 0 Å². The van der Waals surface area contributed by atoms with Gasteiger partial charge in [-0.15, -0.1) is 0 Å². The Bertz CT molecular complexity index is 816. The number of carboxylic acids is 1. The average molecular weight is 324 g/mol. The number of phenols is 1. The standard InChI is InChI=1S/C21H24O3/c1-6-7-15-11-18(22)20(14(5)19(15)21(23)24)17-10-13(4)8-9-16(17)12(2)3/h8-11,22H,2,6-7H2,1,3-5H3,(H,23,24). The van der Waals surface area contributed by atoms with Crippen molar-refractivity contribution in [3.63, 3.8) is 0 Å². The van der Waals surface area contributed by atoms with Crippen molar-refractivity contribution < 1.29 is 15.0 Å². The molecule has 0 aliphatic rings. The van der Waals surface area contributed by atoms with Crippen molar-refractivity contribution in [3.05, 3.63) is 58.7 Å². The van der Waals surface area contributed by atoms with Crippen LogP contribution in [0.15, 0.2) is 30.8 Å². The zero-order valence-electron chi connectivity index (χ0n) is 14.7. The van der Waals surface area contributed by atoms with Crippen molar-refractivity contribution in [1.82, 2.24) is 0 Å². The second-order valence-electron chi connectivity index (χ2n) is 6.31. The fourth-order valence-corrected chi connectivity index (χ4v) is 3.21. The van der Waals surface area contributed by atoms with Crippen LogP contribution in [-0.4, -0.2) is 16.2 Å². The minimum absolute atomic E-state index is 0.119. The number of carboxylic acid groups (broad SMARTS) is 1. The molecule has 2 N–H and O–H groups in total. The smallest absolute Gasteiger partial charge is 0.336 e. The Morgan fingerprint density at radius 1 is 1.21 bits per heavy atom. The largest absolute Gasteiger partial charge is 0.507 e. The molecule has 0 aromatic heterocycles. The summed E-state index contributed by atoms with van der Waals surface area (Å²) in [5, 5.41) is 20.3. The molecular formula is C21H24O3. The first kappa shape index (κ1) is 17.8. The van der Waals surface area contributed by atoms with Crippen LogP contribution in [0.5, 0.6) is 5.75 Å². The third kappa shape index (κ3) is 3.21. The molecule has 3 nitrogen and oxygen atoms in total. The van der Waals surface area contributed by atoms with E-state index in [0.29, 0.717) is 28.7 Å². The normalized spacial score (nSPS) is 10.7. The van der Waals surface area contributed by atoms with Crippen molar-refractivity contribution in [2.24, 2.45) is 0 Å². The van der Waals surface area contributed by atoms with Crippen molar-refractivity contribution in [3.8, 4) is 16.9 Å². The van der Waals surface area contributed by atoms with Crippen LogP contribution in [0.3, 0.4) is 0 Å². The van der Waals surface area contributed by atoms with Crippen molar-refractivity contribution >= 4 is 11.5 Å². The highest BCUT2D eigenvalue weighted by molar-refractivity contribution is 5.96. The van der Waals surface area contributed by atoms with Gasteiger partial charge in [-0.3, -0.25) is 0 Å².